The quantitative estimate of drug-likeness (QED) is 0.645. The molecule has 1 aromatic carbocycles. The molecular weight excluding hydrogens is 218 g/mol. The molecule has 1 heteroatoms. The zero-order chi connectivity index (χ0) is 13.4. The summed E-state index contributed by atoms with van der Waals surface area (Å²) < 4.78 is 0. The first kappa shape index (κ1) is 15.1. The van der Waals surface area contributed by atoms with Gasteiger partial charge in [-0.25, -0.2) is 0 Å². The number of rotatable bonds is 8. The largest absolute Gasteiger partial charge is 0.385 e. The summed E-state index contributed by atoms with van der Waals surface area (Å²) in [5.74, 6) is 1.42. The molecule has 0 fully saturated rings. The molecule has 0 aliphatic carbocycles. The molecule has 0 aromatic heterocycles. The van der Waals surface area contributed by atoms with Crippen LogP contribution in [0.15, 0.2) is 24.3 Å². The second-order valence-electron chi connectivity index (χ2n) is 5.58. The molecule has 0 amide bonds. The van der Waals surface area contributed by atoms with Gasteiger partial charge >= 0.3 is 0 Å². The van der Waals surface area contributed by atoms with Gasteiger partial charge in [-0.1, -0.05) is 59.1 Å². The molecule has 1 rings (SSSR count). The van der Waals surface area contributed by atoms with E-state index in [9.17, 15) is 0 Å². The predicted octanol–water partition coefficient (Wildman–Crippen LogP) is 5.44. The maximum atomic E-state index is 3.60. The lowest BCUT2D eigenvalue weighted by Crippen LogP contribution is -2.13. The maximum absolute atomic E-state index is 3.60. The summed E-state index contributed by atoms with van der Waals surface area (Å²) >= 11 is 0. The standard InChI is InChI=1S/C17H29N/c1-5-7-9-15(6-2)13-18-17-11-8-10-16(12-17)14(3)4/h8,10-12,14-15,18H,5-7,9,13H2,1-4H3. The fourth-order valence-corrected chi connectivity index (χ4v) is 2.21. The average Bonchev–Trinajstić information content (AvgIpc) is 2.39. The fraction of sp³-hybridized carbons (Fsp3) is 0.647. The number of nitrogens with one attached hydrogen (secondary N) is 1. The molecule has 1 aromatic rings. The molecule has 1 N–H and O–H groups in total. The van der Waals surface area contributed by atoms with Gasteiger partial charge in [0, 0.05) is 12.2 Å². The van der Waals surface area contributed by atoms with Gasteiger partial charge in [-0.05, 0) is 36.0 Å². The van der Waals surface area contributed by atoms with Crippen molar-refractivity contribution in [3.8, 4) is 0 Å². The van der Waals surface area contributed by atoms with Crippen LogP contribution in [0.2, 0.25) is 0 Å². The van der Waals surface area contributed by atoms with Crippen LogP contribution in [0, 0.1) is 5.92 Å². The second-order valence-corrected chi connectivity index (χ2v) is 5.58. The van der Waals surface area contributed by atoms with E-state index < -0.39 is 0 Å². The number of benzene rings is 1. The molecule has 1 unspecified atom stereocenters. The molecule has 0 aliphatic heterocycles. The molecule has 0 aliphatic rings. The molecule has 0 spiro atoms. The molecule has 102 valence electrons. The molecule has 1 atom stereocenters. The average molecular weight is 247 g/mol. The fourth-order valence-electron chi connectivity index (χ4n) is 2.21. The van der Waals surface area contributed by atoms with Crippen molar-refractivity contribution >= 4 is 5.69 Å². The minimum Gasteiger partial charge on any atom is -0.385 e. The Morgan fingerprint density at radius 1 is 1.17 bits per heavy atom. The van der Waals surface area contributed by atoms with Crippen LogP contribution in [0.25, 0.3) is 0 Å². The second kappa shape index (κ2) is 8.18. The van der Waals surface area contributed by atoms with Crippen molar-refractivity contribution < 1.29 is 0 Å². The van der Waals surface area contributed by atoms with Crippen molar-refractivity contribution in [3.05, 3.63) is 29.8 Å². The summed E-state index contributed by atoms with van der Waals surface area (Å²) in [6.07, 6.45) is 5.28. The molecular formula is C17H29N. The molecule has 0 radical (unpaired) electrons. The van der Waals surface area contributed by atoms with Crippen molar-refractivity contribution in [2.45, 2.75) is 59.3 Å². The SMILES string of the molecule is CCCCC(CC)CNc1cccc(C(C)C)c1. The first-order valence-electron chi connectivity index (χ1n) is 7.51. The normalized spacial score (nSPS) is 12.7. The van der Waals surface area contributed by atoms with Gasteiger partial charge in [-0.2, -0.15) is 0 Å². The van der Waals surface area contributed by atoms with Crippen molar-refractivity contribution in [3.63, 3.8) is 0 Å². The van der Waals surface area contributed by atoms with E-state index >= 15 is 0 Å². The lowest BCUT2D eigenvalue weighted by molar-refractivity contribution is 0.473. The van der Waals surface area contributed by atoms with E-state index in [1.54, 1.807) is 0 Å². The zero-order valence-corrected chi connectivity index (χ0v) is 12.5. The van der Waals surface area contributed by atoms with E-state index in [-0.39, 0.29) is 0 Å². The highest BCUT2D eigenvalue weighted by Crippen LogP contribution is 2.20. The van der Waals surface area contributed by atoms with Gasteiger partial charge in [-0.15, -0.1) is 0 Å². The smallest absolute Gasteiger partial charge is 0.0343 e. The third kappa shape index (κ3) is 5.12. The van der Waals surface area contributed by atoms with Crippen LogP contribution in [0.5, 0.6) is 0 Å². The van der Waals surface area contributed by atoms with Crippen molar-refractivity contribution in [2.75, 3.05) is 11.9 Å². The summed E-state index contributed by atoms with van der Waals surface area (Å²) in [6.45, 7) is 10.2. The summed E-state index contributed by atoms with van der Waals surface area (Å²) in [6, 6.07) is 8.84. The Labute approximate surface area is 113 Å². The summed E-state index contributed by atoms with van der Waals surface area (Å²) in [4.78, 5) is 0. The van der Waals surface area contributed by atoms with E-state index in [1.165, 1.54) is 36.9 Å². The monoisotopic (exact) mass is 247 g/mol. The Balaban J connectivity index is 2.48. The molecule has 0 saturated carbocycles. The Hall–Kier alpha value is -0.980. The van der Waals surface area contributed by atoms with Gasteiger partial charge in [0.15, 0.2) is 0 Å². The Kier molecular flexibility index (Phi) is 6.85. The maximum Gasteiger partial charge on any atom is 0.0343 e. The Morgan fingerprint density at radius 3 is 2.56 bits per heavy atom. The van der Waals surface area contributed by atoms with Crippen LogP contribution in [-0.2, 0) is 0 Å². The van der Waals surface area contributed by atoms with Gasteiger partial charge in [0.1, 0.15) is 0 Å². The van der Waals surface area contributed by atoms with Crippen LogP contribution in [0.4, 0.5) is 5.69 Å². The lowest BCUT2D eigenvalue weighted by atomic mass is 9.99. The van der Waals surface area contributed by atoms with Gasteiger partial charge in [0.25, 0.3) is 0 Å². The number of hydrogen-bond donors (Lipinski definition) is 1. The van der Waals surface area contributed by atoms with Gasteiger partial charge in [0.2, 0.25) is 0 Å². The third-order valence-electron chi connectivity index (χ3n) is 3.69. The summed E-state index contributed by atoms with van der Waals surface area (Å²) in [7, 11) is 0. The van der Waals surface area contributed by atoms with Crippen LogP contribution >= 0.6 is 0 Å². The number of anilines is 1. The molecule has 0 saturated heterocycles. The lowest BCUT2D eigenvalue weighted by Gasteiger charge is -2.17. The van der Waals surface area contributed by atoms with Gasteiger partial charge in [-0.3, -0.25) is 0 Å². The minimum absolute atomic E-state index is 0.605. The highest BCUT2D eigenvalue weighted by Gasteiger charge is 2.06. The zero-order valence-electron chi connectivity index (χ0n) is 12.5. The first-order chi connectivity index (χ1) is 8.67. The Bertz CT molecular complexity index is 330. The topological polar surface area (TPSA) is 12.0 Å². The molecule has 0 bridgehead atoms. The highest BCUT2D eigenvalue weighted by molar-refractivity contribution is 5.46. The van der Waals surface area contributed by atoms with E-state index in [0.29, 0.717) is 5.92 Å². The minimum atomic E-state index is 0.605. The van der Waals surface area contributed by atoms with Crippen molar-refractivity contribution in [2.24, 2.45) is 5.92 Å². The first-order valence-corrected chi connectivity index (χ1v) is 7.51. The van der Waals surface area contributed by atoms with Crippen molar-refractivity contribution in [1.29, 1.82) is 0 Å². The summed E-state index contributed by atoms with van der Waals surface area (Å²) in [5.41, 5.74) is 2.69. The van der Waals surface area contributed by atoms with Crippen LogP contribution < -0.4 is 5.32 Å². The molecule has 1 nitrogen and oxygen atoms in total. The van der Waals surface area contributed by atoms with E-state index in [4.69, 9.17) is 0 Å². The Morgan fingerprint density at radius 2 is 1.94 bits per heavy atom. The van der Waals surface area contributed by atoms with Crippen molar-refractivity contribution in [1.82, 2.24) is 0 Å². The molecule has 18 heavy (non-hydrogen) atoms. The molecule has 0 heterocycles. The van der Waals surface area contributed by atoms with Crippen LogP contribution in [0.3, 0.4) is 0 Å². The third-order valence-corrected chi connectivity index (χ3v) is 3.69. The van der Waals surface area contributed by atoms with Crippen LogP contribution in [0.1, 0.15) is 64.9 Å². The van der Waals surface area contributed by atoms with Gasteiger partial charge < -0.3 is 5.32 Å². The van der Waals surface area contributed by atoms with E-state index in [0.717, 1.165) is 12.5 Å². The highest BCUT2D eigenvalue weighted by atomic mass is 14.9. The predicted molar refractivity (Wildman–Crippen MR) is 82.3 cm³/mol. The number of unbranched alkanes of at least 4 members (excludes halogenated alkanes) is 1. The van der Waals surface area contributed by atoms with E-state index in [1.807, 2.05) is 0 Å². The number of hydrogen-bond acceptors (Lipinski definition) is 1. The van der Waals surface area contributed by atoms with Crippen LogP contribution in [-0.4, -0.2) is 6.54 Å². The van der Waals surface area contributed by atoms with E-state index in [2.05, 4.69) is 57.3 Å². The summed E-state index contributed by atoms with van der Waals surface area (Å²) in [5, 5.41) is 3.60. The van der Waals surface area contributed by atoms with Gasteiger partial charge in [0.05, 0.1) is 0 Å².